The van der Waals surface area contributed by atoms with E-state index in [-0.39, 0.29) is 52.2 Å². The summed E-state index contributed by atoms with van der Waals surface area (Å²) in [7, 11) is 1.51. The van der Waals surface area contributed by atoms with Crippen LogP contribution in [0, 0.1) is 0 Å². The highest BCUT2D eigenvalue weighted by molar-refractivity contribution is 6.37. The van der Waals surface area contributed by atoms with Crippen LogP contribution in [0.3, 0.4) is 0 Å². The highest BCUT2D eigenvalue weighted by Crippen LogP contribution is 2.42. The maximum atomic E-state index is 13.5. The lowest BCUT2D eigenvalue weighted by Gasteiger charge is -2.24. The van der Waals surface area contributed by atoms with Crippen molar-refractivity contribution in [2.45, 2.75) is 39.0 Å². The summed E-state index contributed by atoms with van der Waals surface area (Å²) < 4.78 is 96.8. The molecule has 0 saturated heterocycles. The Bertz CT molecular complexity index is 1450. The number of carbonyl (C=O) groups excluding carboxylic acids is 2. The van der Waals surface area contributed by atoms with E-state index in [9.17, 15) is 35.9 Å². The summed E-state index contributed by atoms with van der Waals surface area (Å²) in [6, 6.07) is 7.62. The van der Waals surface area contributed by atoms with E-state index in [0.29, 0.717) is 16.4 Å². The molecule has 1 amide bonds. The molecule has 0 N–H and O–H groups in total. The molecule has 0 radical (unpaired) electrons. The zero-order valence-corrected chi connectivity index (χ0v) is 24.6. The molecule has 3 rings (SSSR count). The molecule has 0 aliphatic carbocycles. The van der Waals surface area contributed by atoms with Gasteiger partial charge in [0.15, 0.2) is 5.75 Å². The van der Waals surface area contributed by atoms with Crippen molar-refractivity contribution in [3.8, 4) is 17.2 Å². The lowest BCUT2D eigenvalue weighted by molar-refractivity contribution is -0.143. The second kappa shape index (κ2) is 13.3. The molecule has 0 fully saturated rings. The van der Waals surface area contributed by atoms with Gasteiger partial charge in [0, 0.05) is 16.8 Å². The van der Waals surface area contributed by atoms with Crippen molar-refractivity contribution in [1.29, 1.82) is 0 Å². The fourth-order valence-corrected chi connectivity index (χ4v) is 4.55. The molecule has 0 saturated carbocycles. The SMILES string of the molecule is CCOC(=O)CN(C(=O)c1cc(C(F)(F)F)cc(C(F)(F)F)c1)c1cc(Cl)c(Oc2ccc(OC)c(C(C)C)c2)c(Cl)c1. The van der Waals surface area contributed by atoms with Gasteiger partial charge in [-0.1, -0.05) is 37.0 Å². The fraction of sp³-hybridized carbons (Fsp3) is 0.310. The first-order chi connectivity index (χ1) is 20.0. The van der Waals surface area contributed by atoms with Gasteiger partial charge in [-0.2, -0.15) is 26.3 Å². The molecule has 0 bridgehead atoms. The fourth-order valence-electron chi connectivity index (χ4n) is 4.00. The minimum Gasteiger partial charge on any atom is -0.496 e. The molecule has 43 heavy (non-hydrogen) atoms. The number of carbonyl (C=O) groups is 2. The number of alkyl halides is 6. The summed E-state index contributed by atoms with van der Waals surface area (Å²) in [5.74, 6) is -1.43. The minimum absolute atomic E-state index is 0.0583. The van der Waals surface area contributed by atoms with E-state index in [0.717, 1.165) is 17.7 Å². The first kappa shape index (κ1) is 33.9. The third-order valence-corrected chi connectivity index (χ3v) is 6.57. The summed E-state index contributed by atoms with van der Waals surface area (Å²) >= 11 is 12.8. The average Bonchev–Trinajstić information content (AvgIpc) is 2.92. The highest BCUT2D eigenvalue weighted by Gasteiger charge is 2.38. The number of hydrogen-bond donors (Lipinski definition) is 0. The number of anilines is 1. The van der Waals surface area contributed by atoms with Gasteiger partial charge >= 0.3 is 18.3 Å². The van der Waals surface area contributed by atoms with Crippen LogP contribution in [0.15, 0.2) is 48.5 Å². The van der Waals surface area contributed by atoms with E-state index < -0.39 is 47.5 Å². The molecule has 0 aromatic heterocycles. The molecular formula is C29H25Cl2F6NO5. The van der Waals surface area contributed by atoms with Gasteiger partial charge in [-0.25, -0.2) is 0 Å². The van der Waals surface area contributed by atoms with Gasteiger partial charge in [0.2, 0.25) is 0 Å². The molecule has 0 unspecified atom stereocenters. The second-order valence-electron chi connectivity index (χ2n) is 9.39. The van der Waals surface area contributed by atoms with Gasteiger partial charge in [0.05, 0.1) is 34.9 Å². The van der Waals surface area contributed by atoms with Crippen molar-refractivity contribution in [3.63, 3.8) is 0 Å². The number of hydrogen-bond acceptors (Lipinski definition) is 5. The van der Waals surface area contributed by atoms with Crippen LogP contribution in [0.4, 0.5) is 32.0 Å². The van der Waals surface area contributed by atoms with Crippen LogP contribution >= 0.6 is 23.2 Å². The second-order valence-corrected chi connectivity index (χ2v) is 10.2. The van der Waals surface area contributed by atoms with Gasteiger partial charge in [-0.15, -0.1) is 0 Å². The Kier molecular flexibility index (Phi) is 10.5. The Morgan fingerprint density at radius 1 is 0.884 bits per heavy atom. The van der Waals surface area contributed by atoms with Crippen molar-refractivity contribution in [2.75, 3.05) is 25.2 Å². The predicted molar refractivity (Wildman–Crippen MR) is 148 cm³/mol. The van der Waals surface area contributed by atoms with E-state index in [2.05, 4.69) is 0 Å². The number of esters is 1. The number of nitrogens with zero attached hydrogens (tertiary/aromatic N) is 1. The number of halogens is 8. The summed E-state index contributed by atoms with van der Waals surface area (Å²) in [5.41, 5.74) is -3.81. The number of rotatable bonds is 9. The monoisotopic (exact) mass is 651 g/mol. The van der Waals surface area contributed by atoms with E-state index >= 15 is 0 Å². The van der Waals surface area contributed by atoms with Crippen LogP contribution in [0.5, 0.6) is 17.2 Å². The van der Waals surface area contributed by atoms with Crippen LogP contribution in [-0.2, 0) is 21.9 Å². The number of benzene rings is 3. The molecule has 0 heterocycles. The van der Waals surface area contributed by atoms with E-state index in [1.165, 1.54) is 14.0 Å². The average molecular weight is 652 g/mol. The smallest absolute Gasteiger partial charge is 0.416 e. The first-order valence-corrected chi connectivity index (χ1v) is 13.3. The van der Waals surface area contributed by atoms with Crippen LogP contribution in [0.1, 0.15) is 53.7 Å². The van der Waals surface area contributed by atoms with E-state index in [1.807, 2.05) is 13.8 Å². The third-order valence-electron chi connectivity index (χ3n) is 6.01. The van der Waals surface area contributed by atoms with Crippen molar-refractivity contribution in [1.82, 2.24) is 0 Å². The standard InChI is InChI=1S/C29H25Cl2F6NO5/c1-5-42-25(39)14-38(27(40)16-8-17(28(32,33)34)10-18(9-16)29(35,36)37)19-11-22(30)26(23(31)12-19)43-20-6-7-24(41-4)21(13-20)15(2)3/h6-13,15H,5,14H2,1-4H3. The van der Waals surface area contributed by atoms with E-state index in [1.54, 1.807) is 18.2 Å². The Hall–Kier alpha value is -3.64. The summed E-state index contributed by atoms with van der Waals surface area (Å²) in [6.07, 6.45) is -10.4. The van der Waals surface area contributed by atoms with Crippen molar-refractivity contribution >= 4 is 40.8 Å². The van der Waals surface area contributed by atoms with Crippen molar-refractivity contribution in [3.05, 3.63) is 80.8 Å². The van der Waals surface area contributed by atoms with Gasteiger partial charge in [-0.3, -0.25) is 14.5 Å². The summed E-state index contributed by atoms with van der Waals surface area (Å²) in [5, 5.41) is -0.350. The summed E-state index contributed by atoms with van der Waals surface area (Å²) in [6.45, 7) is 4.35. The molecule has 0 spiro atoms. The maximum Gasteiger partial charge on any atom is 0.416 e. The van der Waals surface area contributed by atoms with Gasteiger partial charge in [0.1, 0.15) is 18.0 Å². The largest absolute Gasteiger partial charge is 0.496 e. The topological polar surface area (TPSA) is 65.1 Å². The lowest BCUT2D eigenvalue weighted by Crippen LogP contribution is -2.37. The van der Waals surface area contributed by atoms with Gasteiger partial charge in [0.25, 0.3) is 5.91 Å². The lowest BCUT2D eigenvalue weighted by atomic mass is 10.0. The maximum absolute atomic E-state index is 13.5. The number of methoxy groups -OCH3 is 1. The molecule has 0 aliphatic heterocycles. The van der Waals surface area contributed by atoms with Crippen LogP contribution in [0.25, 0.3) is 0 Å². The molecular weight excluding hydrogens is 627 g/mol. The molecule has 3 aromatic rings. The molecule has 14 heteroatoms. The van der Waals surface area contributed by atoms with Crippen molar-refractivity contribution in [2.24, 2.45) is 0 Å². The zero-order valence-electron chi connectivity index (χ0n) is 23.1. The van der Waals surface area contributed by atoms with Crippen LogP contribution in [-0.4, -0.2) is 32.1 Å². The Morgan fingerprint density at radius 3 is 1.91 bits per heavy atom. The molecule has 0 atom stereocenters. The third kappa shape index (κ3) is 8.26. The Balaban J connectivity index is 2.10. The highest BCUT2D eigenvalue weighted by atomic mass is 35.5. The summed E-state index contributed by atoms with van der Waals surface area (Å²) in [4.78, 5) is 26.4. The van der Waals surface area contributed by atoms with Crippen LogP contribution in [0.2, 0.25) is 10.0 Å². The van der Waals surface area contributed by atoms with Crippen molar-refractivity contribution < 1.29 is 50.1 Å². The predicted octanol–water partition coefficient (Wildman–Crippen LogP) is 9.17. The molecule has 3 aromatic carbocycles. The first-order valence-electron chi connectivity index (χ1n) is 12.6. The normalized spacial score (nSPS) is 11.8. The number of ether oxygens (including phenoxy) is 3. The van der Waals surface area contributed by atoms with E-state index in [4.69, 9.17) is 37.4 Å². The van der Waals surface area contributed by atoms with Gasteiger partial charge < -0.3 is 14.2 Å². The molecule has 0 aliphatic rings. The minimum atomic E-state index is -5.20. The molecule has 232 valence electrons. The zero-order chi connectivity index (χ0) is 32.3. The Morgan fingerprint density at radius 2 is 1.44 bits per heavy atom. The van der Waals surface area contributed by atoms with Gasteiger partial charge in [-0.05, 0) is 61.4 Å². The quantitative estimate of drug-likeness (QED) is 0.170. The van der Waals surface area contributed by atoms with Crippen LogP contribution < -0.4 is 14.4 Å². The Labute approximate surface area is 253 Å². The number of amides is 1. The molecule has 6 nitrogen and oxygen atoms in total.